The van der Waals surface area contributed by atoms with Gasteiger partial charge in [0.2, 0.25) is 17.7 Å². The number of hydrogen-bond donors (Lipinski definition) is 2. The molecule has 0 spiro atoms. The molecule has 1 atom stereocenters. The summed E-state index contributed by atoms with van der Waals surface area (Å²) in [4.78, 5) is 65.4. The second kappa shape index (κ2) is 11.2. The van der Waals surface area contributed by atoms with Gasteiger partial charge >= 0.3 is 0 Å². The first-order chi connectivity index (χ1) is 18.3. The highest BCUT2D eigenvalue weighted by molar-refractivity contribution is 6.25. The topological polar surface area (TPSA) is 125 Å². The van der Waals surface area contributed by atoms with Gasteiger partial charge in [-0.3, -0.25) is 34.2 Å². The first-order valence-corrected chi connectivity index (χ1v) is 13.8. The molecule has 0 aromatic heterocycles. The van der Waals surface area contributed by atoms with Crippen LogP contribution in [0.4, 0.5) is 5.69 Å². The van der Waals surface area contributed by atoms with Crippen molar-refractivity contribution in [2.45, 2.75) is 82.4 Å². The molecule has 10 heteroatoms. The van der Waals surface area contributed by atoms with E-state index in [-0.39, 0.29) is 47.9 Å². The zero-order valence-corrected chi connectivity index (χ0v) is 21.9. The third kappa shape index (κ3) is 5.32. The van der Waals surface area contributed by atoms with Crippen LogP contribution in [0.25, 0.3) is 0 Å². The number of carbonyl (C=O) groups excluding carboxylic acids is 5. The van der Waals surface area contributed by atoms with Gasteiger partial charge in [-0.1, -0.05) is 25.3 Å². The monoisotopic (exact) mass is 524 g/mol. The summed E-state index contributed by atoms with van der Waals surface area (Å²) in [5.41, 5.74) is 1.11. The lowest BCUT2D eigenvalue weighted by Gasteiger charge is -2.36. The average molecular weight is 525 g/mol. The van der Waals surface area contributed by atoms with Gasteiger partial charge in [-0.05, 0) is 50.7 Å². The maximum Gasteiger partial charge on any atom is 0.264 e. The highest BCUT2D eigenvalue weighted by atomic mass is 16.5. The lowest BCUT2D eigenvalue weighted by Crippen LogP contribution is -2.54. The Balaban J connectivity index is 1.08. The summed E-state index contributed by atoms with van der Waals surface area (Å²) in [5, 5.41) is 5.59. The molecule has 10 nitrogen and oxygen atoms in total. The summed E-state index contributed by atoms with van der Waals surface area (Å²) in [6, 6.07) is 4.21. The molecule has 204 valence electrons. The van der Waals surface area contributed by atoms with E-state index in [4.69, 9.17) is 4.74 Å². The standard InChI is InChI=1S/C28H36N4O6/c1-31(26(35)17-7-3-2-4-8-17)13-6-14-38-19-15-18(16-19)29-21-10-5-9-20-24(21)28(37)32(27(20)36)22-11-12-23(33)30-25(22)34/h5,9-10,17-19,22,29H,2-4,6-8,11-16H2,1H3,(H,30,33,34)/t18-,19-,22?. The Hall–Kier alpha value is -3.27. The Bertz CT molecular complexity index is 1120. The summed E-state index contributed by atoms with van der Waals surface area (Å²) >= 11 is 0. The zero-order valence-electron chi connectivity index (χ0n) is 21.9. The van der Waals surface area contributed by atoms with Gasteiger partial charge in [-0.25, -0.2) is 0 Å². The smallest absolute Gasteiger partial charge is 0.264 e. The summed E-state index contributed by atoms with van der Waals surface area (Å²) in [5.74, 6) is -1.59. The summed E-state index contributed by atoms with van der Waals surface area (Å²) in [6.07, 6.45) is 8.24. The molecule has 2 N–H and O–H groups in total. The lowest BCUT2D eigenvalue weighted by atomic mass is 9.88. The predicted molar refractivity (Wildman–Crippen MR) is 138 cm³/mol. The van der Waals surface area contributed by atoms with E-state index < -0.39 is 29.7 Å². The molecule has 4 aliphatic rings. The lowest BCUT2D eigenvalue weighted by molar-refractivity contribution is -0.137. The van der Waals surface area contributed by atoms with Crippen molar-refractivity contribution in [1.82, 2.24) is 15.1 Å². The molecule has 3 fully saturated rings. The number of hydrogen-bond acceptors (Lipinski definition) is 7. The van der Waals surface area contributed by atoms with E-state index in [1.165, 1.54) is 6.42 Å². The number of fused-ring (bicyclic) bond motifs is 1. The number of rotatable bonds is 9. The molecule has 1 saturated heterocycles. The molecule has 1 aromatic carbocycles. The number of benzene rings is 1. The largest absolute Gasteiger partial charge is 0.381 e. The first-order valence-electron chi connectivity index (χ1n) is 13.8. The number of nitrogens with one attached hydrogen (secondary N) is 2. The van der Waals surface area contributed by atoms with Gasteiger partial charge in [-0.2, -0.15) is 0 Å². The molecule has 5 rings (SSSR count). The molecule has 2 aliphatic carbocycles. The van der Waals surface area contributed by atoms with Crippen molar-refractivity contribution >= 4 is 35.2 Å². The SMILES string of the molecule is CN(CCCO[C@H]1C[C@H](Nc2cccc3c2C(=O)N(C2CCC(=O)NC2=O)C3=O)C1)C(=O)C1CCCCC1. The van der Waals surface area contributed by atoms with Gasteiger partial charge < -0.3 is 15.0 Å². The number of piperidine rings is 1. The second-order valence-electron chi connectivity index (χ2n) is 10.9. The minimum atomic E-state index is -0.980. The third-order valence-corrected chi connectivity index (χ3v) is 8.24. The van der Waals surface area contributed by atoms with E-state index >= 15 is 0 Å². The van der Waals surface area contributed by atoms with Crippen LogP contribution in [0.3, 0.4) is 0 Å². The quantitative estimate of drug-likeness (QED) is 0.376. The highest BCUT2D eigenvalue weighted by Gasteiger charge is 2.46. The number of imide groups is 2. The summed E-state index contributed by atoms with van der Waals surface area (Å²) in [6.45, 7) is 1.29. The number of carbonyl (C=O) groups is 5. The summed E-state index contributed by atoms with van der Waals surface area (Å²) < 4.78 is 5.99. The van der Waals surface area contributed by atoms with Crippen LogP contribution in [0, 0.1) is 5.92 Å². The number of anilines is 1. The van der Waals surface area contributed by atoms with Crippen LogP contribution in [-0.2, 0) is 19.1 Å². The van der Waals surface area contributed by atoms with Gasteiger partial charge in [0.1, 0.15) is 6.04 Å². The van der Waals surface area contributed by atoms with E-state index in [0.29, 0.717) is 18.8 Å². The Morgan fingerprint density at radius 1 is 1.08 bits per heavy atom. The summed E-state index contributed by atoms with van der Waals surface area (Å²) in [7, 11) is 1.88. The van der Waals surface area contributed by atoms with Crippen molar-refractivity contribution in [2.24, 2.45) is 5.92 Å². The minimum absolute atomic E-state index is 0.0888. The molecule has 5 amide bonds. The van der Waals surface area contributed by atoms with Crippen LogP contribution < -0.4 is 10.6 Å². The molecule has 2 heterocycles. The molecule has 1 aromatic rings. The van der Waals surface area contributed by atoms with Crippen molar-refractivity contribution in [3.8, 4) is 0 Å². The van der Waals surface area contributed by atoms with E-state index in [1.807, 2.05) is 11.9 Å². The fraction of sp³-hybridized carbons (Fsp3) is 0.607. The normalized spacial score (nSPS) is 25.6. The van der Waals surface area contributed by atoms with Crippen LogP contribution in [0.15, 0.2) is 18.2 Å². The Kier molecular flexibility index (Phi) is 7.78. The van der Waals surface area contributed by atoms with Crippen LogP contribution in [-0.4, -0.2) is 77.7 Å². The second-order valence-corrected chi connectivity index (χ2v) is 10.9. The molecular formula is C28H36N4O6. The van der Waals surface area contributed by atoms with Gasteiger partial charge in [0.05, 0.1) is 17.2 Å². The molecule has 2 saturated carbocycles. The Labute approximate surface area is 222 Å². The Morgan fingerprint density at radius 3 is 2.58 bits per heavy atom. The predicted octanol–water partition coefficient (Wildman–Crippen LogP) is 2.48. The van der Waals surface area contributed by atoms with Crippen molar-refractivity contribution in [3.63, 3.8) is 0 Å². The van der Waals surface area contributed by atoms with Crippen LogP contribution in [0.5, 0.6) is 0 Å². The van der Waals surface area contributed by atoms with E-state index in [9.17, 15) is 24.0 Å². The van der Waals surface area contributed by atoms with Crippen molar-refractivity contribution in [2.75, 3.05) is 25.5 Å². The van der Waals surface area contributed by atoms with Crippen molar-refractivity contribution < 1.29 is 28.7 Å². The van der Waals surface area contributed by atoms with Crippen molar-refractivity contribution in [1.29, 1.82) is 0 Å². The van der Waals surface area contributed by atoms with E-state index in [1.54, 1.807) is 18.2 Å². The third-order valence-electron chi connectivity index (χ3n) is 8.24. The molecule has 38 heavy (non-hydrogen) atoms. The van der Waals surface area contributed by atoms with Crippen LogP contribution >= 0.6 is 0 Å². The highest BCUT2D eigenvalue weighted by Crippen LogP contribution is 2.35. The minimum Gasteiger partial charge on any atom is -0.381 e. The number of nitrogens with zero attached hydrogens (tertiary/aromatic N) is 2. The van der Waals surface area contributed by atoms with Gasteiger partial charge in [0.25, 0.3) is 11.8 Å². The average Bonchev–Trinajstić information content (AvgIpc) is 3.15. The van der Waals surface area contributed by atoms with E-state index in [2.05, 4.69) is 10.6 Å². The molecule has 0 radical (unpaired) electrons. The zero-order chi connectivity index (χ0) is 26.8. The molecular weight excluding hydrogens is 488 g/mol. The van der Waals surface area contributed by atoms with Gasteiger partial charge in [0.15, 0.2) is 0 Å². The fourth-order valence-electron chi connectivity index (χ4n) is 6.00. The van der Waals surface area contributed by atoms with E-state index in [0.717, 1.165) is 49.8 Å². The maximum atomic E-state index is 13.2. The molecule has 0 bridgehead atoms. The fourth-order valence-corrected chi connectivity index (χ4v) is 6.00. The van der Waals surface area contributed by atoms with Crippen molar-refractivity contribution in [3.05, 3.63) is 29.3 Å². The van der Waals surface area contributed by atoms with Gasteiger partial charge in [0, 0.05) is 44.3 Å². The Morgan fingerprint density at radius 2 is 1.84 bits per heavy atom. The first kappa shape index (κ1) is 26.3. The van der Waals surface area contributed by atoms with Crippen LogP contribution in [0.2, 0.25) is 0 Å². The molecule has 2 aliphatic heterocycles. The van der Waals surface area contributed by atoms with Gasteiger partial charge in [-0.15, -0.1) is 0 Å². The number of amides is 5. The van der Waals surface area contributed by atoms with Crippen LogP contribution in [0.1, 0.15) is 84.9 Å². The number of ether oxygens (including phenoxy) is 1. The maximum absolute atomic E-state index is 13.2. The molecule has 1 unspecified atom stereocenters.